The van der Waals surface area contributed by atoms with Gasteiger partial charge in [-0.05, 0) is 31.5 Å². The number of nitrogens with two attached hydrogens (primary N) is 1. The summed E-state index contributed by atoms with van der Waals surface area (Å²) in [7, 11) is 1.35. The van der Waals surface area contributed by atoms with Gasteiger partial charge in [-0.3, -0.25) is 4.79 Å². The fourth-order valence-corrected chi connectivity index (χ4v) is 2.52. The number of carbonyl (C=O) groups is 1. The number of halogens is 2. The minimum atomic E-state index is -0.842. The molecule has 2 rings (SSSR count). The second kappa shape index (κ2) is 6.20. The minimum Gasteiger partial charge on any atom is -0.469 e. The number of fused-ring (bicyclic) bond motifs is 1. The average molecular weight is 367 g/mol. The van der Waals surface area contributed by atoms with E-state index in [9.17, 15) is 4.79 Å². The van der Waals surface area contributed by atoms with Gasteiger partial charge >= 0.3 is 5.97 Å². The molecule has 1 atom stereocenters. The lowest BCUT2D eigenvalue weighted by atomic mass is 9.81. The third-order valence-electron chi connectivity index (χ3n) is 3.32. The van der Waals surface area contributed by atoms with Crippen molar-refractivity contribution in [1.29, 1.82) is 0 Å². The molecular formula is C13H17BrClNO4. The van der Waals surface area contributed by atoms with Crippen LogP contribution in [0.4, 0.5) is 0 Å². The number of carbonyl (C=O) groups excluding carboxylic acids is 1. The van der Waals surface area contributed by atoms with Crippen molar-refractivity contribution < 1.29 is 19.0 Å². The molecule has 0 aliphatic carbocycles. The van der Waals surface area contributed by atoms with E-state index in [1.807, 2.05) is 0 Å². The number of benzene rings is 1. The maximum Gasteiger partial charge on any atom is 0.313 e. The van der Waals surface area contributed by atoms with Crippen LogP contribution in [0.25, 0.3) is 0 Å². The summed E-state index contributed by atoms with van der Waals surface area (Å²) in [5.74, 6) is 0.942. The van der Waals surface area contributed by atoms with Gasteiger partial charge in [0.1, 0.15) is 0 Å². The van der Waals surface area contributed by atoms with E-state index in [1.54, 1.807) is 26.0 Å². The molecular weight excluding hydrogens is 350 g/mol. The summed E-state index contributed by atoms with van der Waals surface area (Å²) in [5, 5.41) is 0. The number of hydrogen-bond donors (Lipinski definition) is 1. The maximum absolute atomic E-state index is 11.8. The van der Waals surface area contributed by atoms with Crippen LogP contribution in [0.5, 0.6) is 11.5 Å². The summed E-state index contributed by atoms with van der Waals surface area (Å²) in [6, 6.07) is 3.07. The van der Waals surface area contributed by atoms with Crippen molar-refractivity contribution in [3.8, 4) is 11.5 Å². The molecule has 1 aliphatic rings. The Balaban J connectivity index is 0.00000200. The smallest absolute Gasteiger partial charge is 0.313 e. The van der Waals surface area contributed by atoms with Crippen LogP contribution in [0, 0.1) is 5.41 Å². The highest BCUT2D eigenvalue weighted by Crippen LogP contribution is 2.42. The lowest BCUT2D eigenvalue weighted by Crippen LogP contribution is -2.37. The molecule has 0 amide bonds. The predicted molar refractivity (Wildman–Crippen MR) is 80.2 cm³/mol. The number of rotatable bonds is 3. The second-order valence-electron chi connectivity index (χ2n) is 4.92. The molecule has 0 radical (unpaired) electrons. The van der Waals surface area contributed by atoms with Gasteiger partial charge in [0, 0.05) is 10.5 Å². The highest BCUT2D eigenvalue weighted by Gasteiger charge is 2.38. The van der Waals surface area contributed by atoms with Crippen LogP contribution in [0.2, 0.25) is 0 Å². The summed E-state index contributed by atoms with van der Waals surface area (Å²) >= 11 is 3.45. The summed E-state index contributed by atoms with van der Waals surface area (Å²) in [5.41, 5.74) is 6.15. The summed E-state index contributed by atoms with van der Waals surface area (Å²) in [6.45, 7) is 3.70. The third kappa shape index (κ3) is 2.87. The molecule has 0 fully saturated rings. The van der Waals surface area contributed by atoms with Crippen LogP contribution in [-0.2, 0) is 9.53 Å². The monoisotopic (exact) mass is 365 g/mol. The summed E-state index contributed by atoms with van der Waals surface area (Å²) in [6.07, 6.45) is 0. The first-order valence-corrected chi connectivity index (χ1v) is 6.60. The number of ether oxygens (including phenoxy) is 3. The maximum atomic E-state index is 11.8. The van der Waals surface area contributed by atoms with Gasteiger partial charge < -0.3 is 19.9 Å². The molecule has 0 saturated carbocycles. The van der Waals surface area contributed by atoms with Crippen molar-refractivity contribution >= 4 is 34.3 Å². The molecule has 0 bridgehead atoms. The van der Waals surface area contributed by atoms with Crippen LogP contribution < -0.4 is 15.2 Å². The van der Waals surface area contributed by atoms with Crippen molar-refractivity contribution in [2.75, 3.05) is 13.9 Å². The minimum absolute atomic E-state index is 0. The van der Waals surface area contributed by atoms with E-state index >= 15 is 0 Å². The van der Waals surface area contributed by atoms with E-state index < -0.39 is 11.5 Å². The average Bonchev–Trinajstić information content (AvgIpc) is 2.82. The number of esters is 1. The van der Waals surface area contributed by atoms with Gasteiger partial charge in [0.2, 0.25) is 6.79 Å². The Hall–Kier alpha value is -0.980. The number of methoxy groups -OCH3 is 1. The second-order valence-corrected chi connectivity index (χ2v) is 5.77. The Morgan fingerprint density at radius 2 is 1.95 bits per heavy atom. The highest BCUT2D eigenvalue weighted by atomic mass is 79.9. The van der Waals surface area contributed by atoms with Crippen molar-refractivity contribution in [1.82, 2.24) is 0 Å². The van der Waals surface area contributed by atoms with Gasteiger partial charge in [0.15, 0.2) is 11.5 Å². The Labute approximate surface area is 132 Å². The largest absolute Gasteiger partial charge is 0.469 e. The molecule has 1 aromatic rings. The quantitative estimate of drug-likeness (QED) is 0.833. The zero-order valence-electron chi connectivity index (χ0n) is 11.4. The first-order valence-electron chi connectivity index (χ1n) is 5.81. The molecule has 112 valence electrons. The van der Waals surface area contributed by atoms with Crippen molar-refractivity contribution in [3.05, 3.63) is 22.2 Å². The van der Waals surface area contributed by atoms with Crippen LogP contribution in [-0.4, -0.2) is 19.9 Å². The standard InChI is InChI=1S/C13H16BrNO4.ClH/c1-13(2,12(16)17-3)11(15)7-4-9-10(5-8(7)14)19-6-18-9;/h4-5,11H,6,15H2,1-3H3;1H/t11-;/m1./s1. The SMILES string of the molecule is COC(=O)C(C)(C)[C@H](N)c1cc2c(cc1Br)OCO2.Cl. The zero-order valence-corrected chi connectivity index (χ0v) is 13.8. The lowest BCUT2D eigenvalue weighted by Gasteiger charge is -2.29. The Bertz CT molecular complexity index is 521. The van der Waals surface area contributed by atoms with Gasteiger partial charge in [-0.2, -0.15) is 0 Å². The molecule has 2 N–H and O–H groups in total. The molecule has 20 heavy (non-hydrogen) atoms. The molecule has 1 aliphatic heterocycles. The topological polar surface area (TPSA) is 70.8 Å². The Morgan fingerprint density at radius 1 is 1.40 bits per heavy atom. The van der Waals surface area contributed by atoms with Gasteiger partial charge in [0.05, 0.1) is 12.5 Å². The zero-order chi connectivity index (χ0) is 14.2. The van der Waals surface area contributed by atoms with Gasteiger partial charge in [0.25, 0.3) is 0 Å². The Morgan fingerprint density at radius 3 is 2.50 bits per heavy atom. The van der Waals surface area contributed by atoms with E-state index in [4.69, 9.17) is 19.9 Å². The van der Waals surface area contributed by atoms with Gasteiger partial charge in [-0.25, -0.2) is 0 Å². The first kappa shape index (κ1) is 17.1. The fourth-order valence-electron chi connectivity index (χ4n) is 1.95. The van der Waals surface area contributed by atoms with Crippen LogP contribution in [0.3, 0.4) is 0 Å². The van der Waals surface area contributed by atoms with E-state index in [0.717, 1.165) is 10.0 Å². The van der Waals surface area contributed by atoms with Crippen molar-refractivity contribution in [2.45, 2.75) is 19.9 Å². The van der Waals surface area contributed by atoms with Crippen LogP contribution >= 0.6 is 28.3 Å². The Kier molecular flexibility index (Phi) is 5.29. The van der Waals surface area contributed by atoms with E-state index in [-0.39, 0.29) is 25.2 Å². The first-order chi connectivity index (χ1) is 8.87. The van der Waals surface area contributed by atoms with Crippen LogP contribution in [0.1, 0.15) is 25.5 Å². The molecule has 0 spiro atoms. The van der Waals surface area contributed by atoms with E-state index in [1.165, 1.54) is 7.11 Å². The third-order valence-corrected chi connectivity index (χ3v) is 4.00. The normalized spacial score (nSPS) is 14.4. The van der Waals surface area contributed by atoms with E-state index in [0.29, 0.717) is 11.5 Å². The highest BCUT2D eigenvalue weighted by molar-refractivity contribution is 9.10. The molecule has 0 unspecified atom stereocenters. The molecule has 0 saturated heterocycles. The predicted octanol–water partition coefficient (Wildman–Crippen LogP) is 2.80. The molecule has 1 aromatic carbocycles. The number of hydrogen-bond acceptors (Lipinski definition) is 5. The van der Waals surface area contributed by atoms with Crippen LogP contribution in [0.15, 0.2) is 16.6 Å². The van der Waals surface area contributed by atoms with Gasteiger partial charge in [-0.15, -0.1) is 12.4 Å². The molecule has 0 aromatic heterocycles. The fraction of sp³-hybridized carbons (Fsp3) is 0.462. The summed E-state index contributed by atoms with van der Waals surface area (Å²) in [4.78, 5) is 11.8. The van der Waals surface area contributed by atoms with Crippen molar-refractivity contribution in [3.63, 3.8) is 0 Å². The van der Waals surface area contributed by atoms with Crippen molar-refractivity contribution in [2.24, 2.45) is 11.1 Å². The molecule has 7 heteroatoms. The summed E-state index contributed by atoms with van der Waals surface area (Å²) < 4.78 is 16.2. The van der Waals surface area contributed by atoms with E-state index in [2.05, 4.69) is 15.9 Å². The molecule has 1 heterocycles. The lowest BCUT2D eigenvalue weighted by molar-refractivity contribution is -0.152. The molecule has 5 nitrogen and oxygen atoms in total. The van der Waals surface area contributed by atoms with Gasteiger partial charge in [-0.1, -0.05) is 15.9 Å².